The maximum atomic E-state index is 9.73. The van der Waals surface area contributed by atoms with E-state index in [0.29, 0.717) is 17.3 Å². The zero-order chi connectivity index (χ0) is 13.2. The van der Waals surface area contributed by atoms with E-state index in [1.807, 2.05) is 13.8 Å². The molecule has 0 fully saturated rings. The minimum absolute atomic E-state index is 0.114. The molecule has 1 aromatic carbocycles. The lowest BCUT2D eigenvalue weighted by molar-refractivity contribution is -0.0106. The van der Waals surface area contributed by atoms with Crippen molar-refractivity contribution in [2.24, 2.45) is 0 Å². The van der Waals surface area contributed by atoms with E-state index in [1.54, 1.807) is 31.4 Å². The van der Waals surface area contributed by atoms with Crippen LogP contribution in [0.15, 0.2) is 28.8 Å². The van der Waals surface area contributed by atoms with Crippen molar-refractivity contribution in [3.63, 3.8) is 0 Å². The molecule has 1 unspecified atom stereocenters. The zero-order valence-corrected chi connectivity index (χ0v) is 10.7. The molecular formula is C13H16N2O3. The van der Waals surface area contributed by atoms with Crippen molar-refractivity contribution in [1.82, 2.24) is 10.1 Å². The molecule has 0 saturated heterocycles. The molecule has 0 aliphatic heterocycles. The molecule has 2 aromatic rings. The number of phenols is 1. The Morgan fingerprint density at radius 2 is 2.11 bits per heavy atom. The average molecular weight is 248 g/mol. The highest BCUT2D eigenvalue weighted by molar-refractivity contribution is 5.61. The first-order chi connectivity index (χ1) is 8.60. The first-order valence-corrected chi connectivity index (χ1v) is 5.78. The second kappa shape index (κ2) is 4.78. The first kappa shape index (κ1) is 12.6. The van der Waals surface area contributed by atoms with Gasteiger partial charge in [0.05, 0.1) is 5.56 Å². The van der Waals surface area contributed by atoms with Gasteiger partial charge in [0.2, 0.25) is 5.82 Å². The SMILES string of the molecule is CCC(C)(OC)c1noc(-c2ccccc2O)n1. The largest absolute Gasteiger partial charge is 0.507 e. The van der Waals surface area contributed by atoms with E-state index in [2.05, 4.69) is 10.1 Å². The summed E-state index contributed by atoms with van der Waals surface area (Å²) >= 11 is 0. The molecule has 2 rings (SSSR count). The summed E-state index contributed by atoms with van der Waals surface area (Å²) < 4.78 is 10.6. The number of phenolic OH excluding ortho intramolecular Hbond substituents is 1. The standard InChI is InChI=1S/C13H16N2O3/c1-4-13(2,17-3)12-14-11(18-15-12)9-7-5-6-8-10(9)16/h5-8,16H,4H2,1-3H3. The summed E-state index contributed by atoms with van der Waals surface area (Å²) in [6, 6.07) is 6.84. The van der Waals surface area contributed by atoms with Crippen molar-refractivity contribution >= 4 is 0 Å². The number of nitrogens with zero attached hydrogens (tertiary/aromatic N) is 2. The molecule has 0 radical (unpaired) electrons. The predicted octanol–water partition coefficient (Wildman–Crippen LogP) is 2.71. The molecular weight excluding hydrogens is 232 g/mol. The topological polar surface area (TPSA) is 68.4 Å². The summed E-state index contributed by atoms with van der Waals surface area (Å²) in [4.78, 5) is 4.29. The van der Waals surface area contributed by atoms with Crippen molar-refractivity contribution in [1.29, 1.82) is 0 Å². The van der Waals surface area contributed by atoms with Crippen LogP contribution in [0.2, 0.25) is 0 Å². The van der Waals surface area contributed by atoms with Crippen molar-refractivity contribution < 1.29 is 14.4 Å². The van der Waals surface area contributed by atoms with Gasteiger partial charge < -0.3 is 14.4 Å². The second-order valence-electron chi connectivity index (χ2n) is 4.23. The van der Waals surface area contributed by atoms with Gasteiger partial charge in [-0.1, -0.05) is 24.2 Å². The summed E-state index contributed by atoms with van der Waals surface area (Å²) in [5.41, 5.74) is -0.0580. The Kier molecular flexibility index (Phi) is 3.34. The fourth-order valence-corrected chi connectivity index (χ4v) is 1.60. The number of hydrogen-bond donors (Lipinski definition) is 1. The molecule has 5 heteroatoms. The molecule has 0 bridgehead atoms. The summed E-state index contributed by atoms with van der Waals surface area (Å²) in [5, 5.41) is 13.7. The predicted molar refractivity (Wildman–Crippen MR) is 66.1 cm³/mol. The Labute approximate surface area is 105 Å². The van der Waals surface area contributed by atoms with E-state index in [0.717, 1.165) is 6.42 Å². The molecule has 0 aliphatic rings. The Balaban J connectivity index is 2.40. The monoisotopic (exact) mass is 248 g/mol. The van der Waals surface area contributed by atoms with Crippen LogP contribution in [-0.4, -0.2) is 22.4 Å². The second-order valence-corrected chi connectivity index (χ2v) is 4.23. The number of aromatic hydroxyl groups is 1. The lowest BCUT2D eigenvalue weighted by atomic mass is 10.0. The molecule has 0 amide bonds. The molecule has 96 valence electrons. The number of methoxy groups -OCH3 is 1. The van der Waals surface area contributed by atoms with Gasteiger partial charge in [0.15, 0.2) is 0 Å². The van der Waals surface area contributed by atoms with Gasteiger partial charge in [-0.15, -0.1) is 0 Å². The van der Waals surface area contributed by atoms with Crippen LogP contribution in [0.1, 0.15) is 26.1 Å². The van der Waals surface area contributed by atoms with Crippen molar-refractivity contribution in [3.8, 4) is 17.2 Å². The zero-order valence-electron chi connectivity index (χ0n) is 10.7. The minimum atomic E-state index is -0.577. The lowest BCUT2D eigenvalue weighted by Crippen LogP contribution is -2.24. The first-order valence-electron chi connectivity index (χ1n) is 5.78. The molecule has 0 spiro atoms. The van der Waals surface area contributed by atoms with Crippen LogP contribution in [0.5, 0.6) is 5.75 Å². The normalized spacial score (nSPS) is 14.4. The molecule has 0 saturated carbocycles. The Bertz CT molecular complexity index is 533. The summed E-state index contributed by atoms with van der Waals surface area (Å²) in [6.45, 7) is 3.88. The van der Waals surface area contributed by atoms with Crippen LogP contribution in [0.25, 0.3) is 11.5 Å². The number of para-hydroxylation sites is 1. The van der Waals surface area contributed by atoms with Crippen LogP contribution in [0.4, 0.5) is 0 Å². The number of hydrogen-bond acceptors (Lipinski definition) is 5. The van der Waals surface area contributed by atoms with Crippen molar-refractivity contribution in [2.45, 2.75) is 25.9 Å². The number of ether oxygens (including phenoxy) is 1. The maximum Gasteiger partial charge on any atom is 0.261 e. The fraction of sp³-hybridized carbons (Fsp3) is 0.385. The van der Waals surface area contributed by atoms with E-state index in [1.165, 1.54) is 0 Å². The Hall–Kier alpha value is -1.88. The smallest absolute Gasteiger partial charge is 0.261 e. The Morgan fingerprint density at radius 3 is 2.72 bits per heavy atom. The summed E-state index contributed by atoms with van der Waals surface area (Å²) in [7, 11) is 1.61. The van der Waals surface area contributed by atoms with Crippen molar-refractivity contribution in [2.75, 3.05) is 7.11 Å². The number of benzene rings is 1. The maximum absolute atomic E-state index is 9.73. The molecule has 0 aliphatic carbocycles. The van der Waals surface area contributed by atoms with Gasteiger partial charge in [-0.2, -0.15) is 4.98 Å². The summed E-state index contributed by atoms with van der Waals surface area (Å²) in [6.07, 6.45) is 0.725. The summed E-state index contributed by atoms with van der Waals surface area (Å²) in [5.74, 6) is 0.883. The Morgan fingerprint density at radius 1 is 1.39 bits per heavy atom. The average Bonchev–Trinajstić information content (AvgIpc) is 2.88. The third-order valence-electron chi connectivity index (χ3n) is 3.16. The van der Waals surface area contributed by atoms with Gasteiger partial charge in [-0.3, -0.25) is 0 Å². The van der Waals surface area contributed by atoms with Crippen LogP contribution < -0.4 is 0 Å². The molecule has 1 atom stereocenters. The van der Waals surface area contributed by atoms with Crippen molar-refractivity contribution in [3.05, 3.63) is 30.1 Å². The van der Waals surface area contributed by atoms with Crippen LogP contribution in [0, 0.1) is 0 Å². The molecule has 1 N–H and O–H groups in total. The lowest BCUT2D eigenvalue weighted by Gasteiger charge is -2.21. The molecule has 18 heavy (non-hydrogen) atoms. The third-order valence-corrected chi connectivity index (χ3v) is 3.16. The quantitative estimate of drug-likeness (QED) is 0.900. The van der Waals surface area contributed by atoms with Gasteiger partial charge in [0.25, 0.3) is 5.89 Å². The van der Waals surface area contributed by atoms with Crippen LogP contribution in [-0.2, 0) is 10.3 Å². The van der Waals surface area contributed by atoms with E-state index < -0.39 is 5.60 Å². The van der Waals surface area contributed by atoms with Gasteiger partial charge in [0, 0.05) is 7.11 Å². The number of aromatic nitrogens is 2. The van der Waals surface area contributed by atoms with Gasteiger partial charge in [-0.25, -0.2) is 0 Å². The molecule has 1 heterocycles. The minimum Gasteiger partial charge on any atom is -0.507 e. The van der Waals surface area contributed by atoms with E-state index in [-0.39, 0.29) is 5.75 Å². The third kappa shape index (κ3) is 2.09. The molecule has 5 nitrogen and oxygen atoms in total. The highest BCUT2D eigenvalue weighted by atomic mass is 16.5. The van der Waals surface area contributed by atoms with Gasteiger partial charge in [0.1, 0.15) is 11.4 Å². The van der Waals surface area contributed by atoms with E-state index >= 15 is 0 Å². The van der Waals surface area contributed by atoms with Gasteiger partial charge >= 0.3 is 0 Å². The highest BCUT2D eigenvalue weighted by Crippen LogP contribution is 2.31. The van der Waals surface area contributed by atoms with Crippen LogP contribution >= 0.6 is 0 Å². The van der Waals surface area contributed by atoms with Gasteiger partial charge in [-0.05, 0) is 25.5 Å². The molecule has 1 aromatic heterocycles. The van der Waals surface area contributed by atoms with E-state index in [4.69, 9.17) is 9.26 Å². The fourth-order valence-electron chi connectivity index (χ4n) is 1.60. The number of rotatable bonds is 4. The van der Waals surface area contributed by atoms with Crippen LogP contribution in [0.3, 0.4) is 0 Å². The highest BCUT2D eigenvalue weighted by Gasteiger charge is 2.30. The van der Waals surface area contributed by atoms with E-state index in [9.17, 15) is 5.11 Å².